The van der Waals surface area contributed by atoms with Gasteiger partial charge < -0.3 is 21.1 Å². The van der Waals surface area contributed by atoms with Gasteiger partial charge in [0.15, 0.2) is 0 Å². The molecular weight excluding hydrogens is 344 g/mol. The van der Waals surface area contributed by atoms with Crippen LogP contribution in [0.2, 0.25) is 0 Å². The molecule has 27 heavy (non-hydrogen) atoms. The van der Waals surface area contributed by atoms with E-state index < -0.39 is 6.10 Å². The number of anilines is 1. The van der Waals surface area contributed by atoms with Crippen LogP contribution in [0.25, 0.3) is 6.08 Å². The third-order valence-electron chi connectivity index (χ3n) is 4.28. The number of nitrogens with one attached hydrogen (secondary N) is 1. The van der Waals surface area contributed by atoms with Crippen molar-refractivity contribution in [1.29, 1.82) is 0 Å². The van der Waals surface area contributed by atoms with Crippen molar-refractivity contribution >= 4 is 23.7 Å². The maximum atomic E-state index is 12.6. The van der Waals surface area contributed by atoms with Crippen LogP contribution in [-0.4, -0.2) is 52.0 Å². The molecule has 3 rings (SSSR count). The summed E-state index contributed by atoms with van der Waals surface area (Å²) in [6.07, 6.45) is 2.84. The second kappa shape index (κ2) is 8.46. The van der Waals surface area contributed by atoms with E-state index >= 15 is 0 Å². The SMILES string of the molecule is Nc1cccc(C(=O)N2C[C@H](O)C[C@H](NC(=O)C=Cc3ccccc3)C2)n1. The molecule has 2 atom stereocenters. The Kier molecular flexibility index (Phi) is 5.83. The summed E-state index contributed by atoms with van der Waals surface area (Å²) in [5, 5.41) is 13.0. The van der Waals surface area contributed by atoms with Crippen LogP contribution in [0.15, 0.2) is 54.6 Å². The van der Waals surface area contributed by atoms with Crippen molar-refractivity contribution in [2.75, 3.05) is 18.8 Å². The number of carbonyl (C=O) groups excluding carboxylic acids is 2. The van der Waals surface area contributed by atoms with E-state index in [9.17, 15) is 14.7 Å². The number of aliphatic hydroxyl groups excluding tert-OH is 1. The van der Waals surface area contributed by atoms with E-state index in [-0.39, 0.29) is 35.9 Å². The maximum Gasteiger partial charge on any atom is 0.272 e. The van der Waals surface area contributed by atoms with E-state index in [1.807, 2.05) is 30.3 Å². The van der Waals surface area contributed by atoms with Crippen LogP contribution in [0.1, 0.15) is 22.5 Å². The van der Waals surface area contributed by atoms with Crippen molar-refractivity contribution in [3.63, 3.8) is 0 Å². The zero-order valence-electron chi connectivity index (χ0n) is 14.8. The van der Waals surface area contributed by atoms with Gasteiger partial charge in [0, 0.05) is 25.2 Å². The molecule has 0 spiro atoms. The zero-order chi connectivity index (χ0) is 19.2. The topological polar surface area (TPSA) is 109 Å². The van der Waals surface area contributed by atoms with Crippen LogP contribution in [0, 0.1) is 0 Å². The average Bonchev–Trinajstić information content (AvgIpc) is 2.66. The van der Waals surface area contributed by atoms with Crippen LogP contribution in [0.5, 0.6) is 0 Å². The van der Waals surface area contributed by atoms with Crippen LogP contribution in [0.3, 0.4) is 0 Å². The minimum atomic E-state index is -0.716. The van der Waals surface area contributed by atoms with E-state index in [2.05, 4.69) is 10.3 Å². The van der Waals surface area contributed by atoms with E-state index in [0.717, 1.165) is 5.56 Å². The summed E-state index contributed by atoms with van der Waals surface area (Å²) < 4.78 is 0. The number of β-amino-alcohol motifs (C(OH)–C–C–N with tert-alkyl or cyclic N) is 1. The second-order valence-electron chi connectivity index (χ2n) is 6.50. The summed E-state index contributed by atoms with van der Waals surface area (Å²) in [7, 11) is 0. The first-order valence-corrected chi connectivity index (χ1v) is 8.75. The number of aliphatic hydroxyl groups is 1. The van der Waals surface area contributed by atoms with Gasteiger partial charge in [0.1, 0.15) is 11.5 Å². The molecule has 0 unspecified atom stereocenters. The molecule has 1 aromatic heterocycles. The van der Waals surface area contributed by atoms with E-state index in [1.54, 1.807) is 24.3 Å². The molecule has 0 bridgehead atoms. The highest BCUT2D eigenvalue weighted by atomic mass is 16.3. The predicted molar refractivity (Wildman–Crippen MR) is 103 cm³/mol. The van der Waals surface area contributed by atoms with E-state index in [4.69, 9.17) is 5.73 Å². The Morgan fingerprint density at radius 2 is 1.93 bits per heavy atom. The quantitative estimate of drug-likeness (QED) is 0.702. The highest BCUT2D eigenvalue weighted by molar-refractivity contribution is 5.93. The number of hydrogen-bond donors (Lipinski definition) is 3. The number of rotatable bonds is 4. The second-order valence-corrected chi connectivity index (χ2v) is 6.50. The number of amides is 2. The summed E-state index contributed by atoms with van der Waals surface area (Å²) in [6, 6.07) is 14.0. The Bertz CT molecular complexity index is 838. The third-order valence-corrected chi connectivity index (χ3v) is 4.28. The summed E-state index contributed by atoms with van der Waals surface area (Å²) in [5.74, 6) is -0.332. The Hall–Kier alpha value is -3.19. The fourth-order valence-corrected chi connectivity index (χ4v) is 3.06. The Morgan fingerprint density at radius 3 is 2.67 bits per heavy atom. The lowest BCUT2D eigenvalue weighted by Gasteiger charge is -2.35. The third kappa shape index (κ3) is 5.15. The summed E-state index contributed by atoms with van der Waals surface area (Å²) in [4.78, 5) is 30.3. The summed E-state index contributed by atoms with van der Waals surface area (Å²) in [5.41, 5.74) is 6.77. The lowest BCUT2D eigenvalue weighted by atomic mass is 10.0. The molecule has 4 N–H and O–H groups in total. The van der Waals surface area contributed by atoms with Crippen molar-refractivity contribution in [3.05, 3.63) is 65.9 Å². The highest BCUT2D eigenvalue weighted by Gasteiger charge is 2.30. The van der Waals surface area contributed by atoms with Gasteiger partial charge in [-0.05, 0) is 30.2 Å². The number of carbonyl (C=O) groups is 2. The number of pyridine rings is 1. The summed E-state index contributed by atoms with van der Waals surface area (Å²) in [6.45, 7) is 0.499. The van der Waals surface area contributed by atoms with E-state index in [0.29, 0.717) is 13.0 Å². The molecule has 2 amide bonds. The monoisotopic (exact) mass is 366 g/mol. The van der Waals surface area contributed by atoms with Crippen molar-refractivity contribution in [1.82, 2.24) is 15.2 Å². The minimum Gasteiger partial charge on any atom is -0.391 e. The highest BCUT2D eigenvalue weighted by Crippen LogP contribution is 2.14. The molecule has 1 aromatic carbocycles. The maximum absolute atomic E-state index is 12.6. The van der Waals surface area contributed by atoms with Gasteiger partial charge in [-0.1, -0.05) is 36.4 Å². The standard InChI is InChI=1S/C20H22N4O3/c21-18-8-4-7-17(23-18)20(27)24-12-15(11-16(25)13-24)22-19(26)10-9-14-5-2-1-3-6-14/h1-10,15-16,25H,11-13H2,(H2,21,23)(H,22,26)/t15-,16+/m0/s1. The lowest BCUT2D eigenvalue weighted by Crippen LogP contribution is -2.54. The first kappa shape index (κ1) is 18.6. The average molecular weight is 366 g/mol. The molecule has 0 radical (unpaired) electrons. The molecule has 1 fully saturated rings. The Labute approximate surface area is 157 Å². The van der Waals surface area contributed by atoms with Gasteiger partial charge in [-0.15, -0.1) is 0 Å². The fourth-order valence-electron chi connectivity index (χ4n) is 3.06. The lowest BCUT2D eigenvalue weighted by molar-refractivity contribution is -0.117. The molecule has 1 aliphatic heterocycles. The van der Waals surface area contributed by atoms with Crippen LogP contribution >= 0.6 is 0 Å². The van der Waals surface area contributed by atoms with Gasteiger partial charge >= 0.3 is 0 Å². The number of aromatic nitrogens is 1. The van der Waals surface area contributed by atoms with Gasteiger partial charge in [0.25, 0.3) is 5.91 Å². The molecule has 2 heterocycles. The largest absolute Gasteiger partial charge is 0.391 e. The van der Waals surface area contributed by atoms with Gasteiger partial charge in [-0.25, -0.2) is 4.98 Å². The van der Waals surface area contributed by atoms with E-state index in [1.165, 1.54) is 11.0 Å². The number of nitrogens with two attached hydrogens (primary N) is 1. The zero-order valence-corrected chi connectivity index (χ0v) is 14.8. The van der Waals surface area contributed by atoms with Crippen molar-refractivity contribution < 1.29 is 14.7 Å². The Morgan fingerprint density at radius 1 is 1.15 bits per heavy atom. The number of benzene rings is 1. The van der Waals surface area contributed by atoms with Gasteiger partial charge in [0.2, 0.25) is 5.91 Å². The number of nitrogens with zero attached hydrogens (tertiary/aromatic N) is 2. The number of piperidine rings is 1. The van der Waals surface area contributed by atoms with Crippen LogP contribution in [-0.2, 0) is 4.79 Å². The van der Waals surface area contributed by atoms with Crippen molar-refractivity contribution in [3.8, 4) is 0 Å². The van der Waals surface area contributed by atoms with Crippen LogP contribution in [0.4, 0.5) is 5.82 Å². The van der Waals surface area contributed by atoms with Crippen molar-refractivity contribution in [2.24, 2.45) is 0 Å². The predicted octanol–water partition coefficient (Wildman–Crippen LogP) is 1.07. The smallest absolute Gasteiger partial charge is 0.272 e. The van der Waals surface area contributed by atoms with Gasteiger partial charge in [-0.3, -0.25) is 9.59 Å². The first-order chi connectivity index (χ1) is 13.0. The molecular formula is C20H22N4O3. The molecule has 7 nitrogen and oxygen atoms in total. The first-order valence-electron chi connectivity index (χ1n) is 8.75. The number of likely N-dealkylation sites (tertiary alicyclic amines) is 1. The minimum absolute atomic E-state index is 0.196. The molecule has 1 aliphatic rings. The van der Waals surface area contributed by atoms with Crippen molar-refractivity contribution in [2.45, 2.75) is 18.6 Å². The molecule has 2 aromatic rings. The Balaban J connectivity index is 1.62. The number of hydrogen-bond acceptors (Lipinski definition) is 5. The molecule has 1 saturated heterocycles. The number of nitrogen functional groups attached to an aromatic ring is 1. The molecule has 0 aliphatic carbocycles. The fraction of sp³-hybridized carbons (Fsp3) is 0.250. The van der Waals surface area contributed by atoms with Crippen LogP contribution < -0.4 is 11.1 Å². The summed E-state index contributed by atoms with van der Waals surface area (Å²) >= 11 is 0. The molecule has 7 heteroatoms. The normalized spacial score (nSPS) is 19.8. The van der Waals surface area contributed by atoms with Gasteiger partial charge in [0.05, 0.1) is 6.10 Å². The van der Waals surface area contributed by atoms with Gasteiger partial charge in [-0.2, -0.15) is 0 Å². The molecule has 140 valence electrons. The molecule has 0 saturated carbocycles.